The number of nitrogens with zero attached hydrogens (tertiary/aromatic N) is 2. The standard InChI is InChI=1S/C8H13N3O2S/c1-5(2)9-7(12)4-13-8-10-6(3)11-14-8/h5H,4H2,1-3H3,(H,9,12). The van der Waals surface area contributed by atoms with Crippen molar-refractivity contribution in [3.8, 4) is 5.19 Å². The summed E-state index contributed by atoms with van der Waals surface area (Å²) in [5, 5.41) is 3.14. The largest absolute Gasteiger partial charge is 0.459 e. The summed E-state index contributed by atoms with van der Waals surface area (Å²) in [5.41, 5.74) is 0. The van der Waals surface area contributed by atoms with E-state index >= 15 is 0 Å². The fraction of sp³-hybridized carbons (Fsp3) is 0.625. The molecule has 0 fully saturated rings. The highest BCUT2D eigenvalue weighted by Gasteiger charge is 2.06. The third-order valence-corrected chi connectivity index (χ3v) is 2.01. The molecule has 0 aliphatic heterocycles. The zero-order valence-electron chi connectivity index (χ0n) is 8.40. The van der Waals surface area contributed by atoms with E-state index in [0.717, 1.165) is 11.5 Å². The van der Waals surface area contributed by atoms with Crippen LogP contribution < -0.4 is 10.1 Å². The van der Waals surface area contributed by atoms with E-state index in [1.54, 1.807) is 6.92 Å². The van der Waals surface area contributed by atoms with Gasteiger partial charge >= 0.3 is 0 Å². The van der Waals surface area contributed by atoms with Crippen LogP contribution in [-0.2, 0) is 4.79 Å². The summed E-state index contributed by atoms with van der Waals surface area (Å²) in [5.74, 6) is 0.516. The van der Waals surface area contributed by atoms with Crippen LogP contribution in [0.1, 0.15) is 19.7 Å². The van der Waals surface area contributed by atoms with E-state index in [4.69, 9.17) is 4.74 Å². The number of ether oxygens (including phenoxy) is 1. The number of hydrogen-bond donors (Lipinski definition) is 1. The van der Waals surface area contributed by atoms with Crippen molar-refractivity contribution in [3.63, 3.8) is 0 Å². The number of carbonyl (C=O) groups is 1. The predicted molar refractivity (Wildman–Crippen MR) is 53.4 cm³/mol. The molecule has 14 heavy (non-hydrogen) atoms. The van der Waals surface area contributed by atoms with Gasteiger partial charge in [0.2, 0.25) is 0 Å². The summed E-state index contributed by atoms with van der Waals surface area (Å²) in [4.78, 5) is 15.1. The van der Waals surface area contributed by atoms with Gasteiger partial charge in [-0.15, -0.1) is 0 Å². The first-order valence-electron chi connectivity index (χ1n) is 4.30. The van der Waals surface area contributed by atoms with Gasteiger partial charge in [-0.05, 0) is 20.8 Å². The number of aryl methyl sites for hydroxylation is 1. The molecular formula is C8H13N3O2S. The number of rotatable bonds is 4. The highest BCUT2D eigenvalue weighted by Crippen LogP contribution is 2.12. The average molecular weight is 215 g/mol. The molecule has 0 atom stereocenters. The Bertz CT molecular complexity index is 311. The Morgan fingerprint density at radius 1 is 1.64 bits per heavy atom. The van der Waals surface area contributed by atoms with Crippen LogP contribution in [0.2, 0.25) is 0 Å². The normalized spacial score (nSPS) is 10.3. The van der Waals surface area contributed by atoms with Gasteiger partial charge in [0, 0.05) is 17.6 Å². The lowest BCUT2D eigenvalue weighted by molar-refractivity contribution is -0.123. The first kappa shape index (κ1) is 10.9. The summed E-state index contributed by atoms with van der Waals surface area (Å²) in [7, 11) is 0. The van der Waals surface area contributed by atoms with Crippen molar-refractivity contribution in [1.82, 2.24) is 14.7 Å². The Hall–Kier alpha value is -1.17. The van der Waals surface area contributed by atoms with Crippen LogP contribution in [0, 0.1) is 6.92 Å². The quantitative estimate of drug-likeness (QED) is 0.805. The average Bonchev–Trinajstić information content (AvgIpc) is 2.47. The molecule has 78 valence electrons. The molecule has 1 amide bonds. The molecule has 1 N–H and O–H groups in total. The van der Waals surface area contributed by atoms with Gasteiger partial charge in [0.25, 0.3) is 11.1 Å². The second-order valence-corrected chi connectivity index (χ2v) is 3.83. The lowest BCUT2D eigenvalue weighted by Gasteiger charge is -2.07. The predicted octanol–water partition coefficient (Wildman–Crippen LogP) is 0.750. The summed E-state index contributed by atoms with van der Waals surface area (Å²) >= 11 is 1.15. The molecule has 0 aliphatic carbocycles. The number of nitrogens with one attached hydrogen (secondary N) is 1. The van der Waals surface area contributed by atoms with E-state index in [1.807, 2.05) is 13.8 Å². The summed E-state index contributed by atoms with van der Waals surface area (Å²) in [6.07, 6.45) is 0. The molecule has 0 bridgehead atoms. The molecule has 1 aromatic heterocycles. The molecule has 5 nitrogen and oxygen atoms in total. The Morgan fingerprint density at radius 2 is 2.36 bits per heavy atom. The smallest absolute Gasteiger partial charge is 0.293 e. The zero-order chi connectivity index (χ0) is 10.6. The lowest BCUT2D eigenvalue weighted by atomic mass is 10.4. The molecule has 1 aromatic rings. The van der Waals surface area contributed by atoms with E-state index in [2.05, 4.69) is 14.7 Å². The Labute approximate surface area is 86.7 Å². The van der Waals surface area contributed by atoms with Gasteiger partial charge in [-0.25, -0.2) is 0 Å². The van der Waals surface area contributed by atoms with Crippen LogP contribution in [-0.4, -0.2) is 27.9 Å². The lowest BCUT2D eigenvalue weighted by Crippen LogP contribution is -2.34. The van der Waals surface area contributed by atoms with Crippen LogP contribution >= 0.6 is 11.5 Å². The second-order valence-electron chi connectivity index (χ2n) is 3.12. The fourth-order valence-corrected chi connectivity index (χ4v) is 1.36. The first-order chi connectivity index (χ1) is 6.58. The maximum absolute atomic E-state index is 11.2. The molecule has 1 rings (SSSR count). The minimum atomic E-state index is -0.146. The van der Waals surface area contributed by atoms with Crippen LogP contribution in [0.4, 0.5) is 0 Å². The van der Waals surface area contributed by atoms with Crippen molar-refractivity contribution in [2.75, 3.05) is 6.61 Å². The maximum Gasteiger partial charge on any atom is 0.293 e. The zero-order valence-corrected chi connectivity index (χ0v) is 9.22. The van der Waals surface area contributed by atoms with Gasteiger partial charge < -0.3 is 10.1 Å². The molecule has 0 spiro atoms. The first-order valence-corrected chi connectivity index (χ1v) is 5.07. The monoisotopic (exact) mass is 215 g/mol. The van der Waals surface area contributed by atoms with Gasteiger partial charge in [0.05, 0.1) is 0 Å². The third kappa shape index (κ3) is 3.69. The van der Waals surface area contributed by atoms with Crippen molar-refractivity contribution in [2.45, 2.75) is 26.8 Å². The van der Waals surface area contributed by atoms with Gasteiger partial charge in [0.15, 0.2) is 6.61 Å². The van der Waals surface area contributed by atoms with Crippen LogP contribution in [0.25, 0.3) is 0 Å². The van der Waals surface area contributed by atoms with E-state index in [1.165, 1.54) is 0 Å². The third-order valence-electron chi connectivity index (χ3n) is 1.29. The van der Waals surface area contributed by atoms with Gasteiger partial charge in [0.1, 0.15) is 5.82 Å². The van der Waals surface area contributed by atoms with Gasteiger partial charge in [-0.3, -0.25) is 4.79 Å². The topological polar surface area (TPSA) is 64.1 Å². The SMILES string of the molecule is Cc1nsc(OCC(=O)NC(C)C)n1. The van der Waals surface area contributed by atoms with Gasteiger partial charge in [-0.2, -0.15) is 9.36 Å². The Kier molecular flexibility index (Phi) is 3.82. The van der Waals surface area contributed by atoms with Crippen molar-refractivity contribution in [3.05, 3.63) is 5.82 Å². The molecule has 0 aliphatic rings. The van der Waals surface area contributed by atoms with Crippen LogP contribution in [0.5, 0.6) is 5.19 Å². The highest BCUT2D eigenvalue weighted by molar-refractivity contribution is 7.07. The molecule has 0 saturated carbocycles. The van der Waals surface area contributed by atoms with Crippen LogP contribution in [0.15, 0.2) is 0 Å². The van der Waals surface area contributed by atoms with Crippen LogP contribution in [0.3, 0.4) is 0 Å². The van der Waals surface area contributed by atoms with E-state index in [-0.39, 0.29) is 18.6 Å². The number of amides is 1. The fourth-order valence-electron chi connectivity index (χ4n) is 0.828. The number of aromatic nitrogens is 2. The summed E-state index contributed by atoms with van der Waals surface area (Å²) in [6.45, 7) is 5.56. The van der Waals surface area contributed by atoms with E-state index in [0.29, 0.717) is 11.0 Å². The number of hydrogen-bond acceptors (Lipinski definition) is 5. The minimum Gasteiger partial charge on any atom is -0.459 e. The van der Waals surface area contributed by atoms with E-state index in [9.17, 15) is 4.79 Å². The van der Waals surface area contributed by atoms with Gasteiger partial charge in [-0.1, -0.05) is 0 Å². The molecule has 6 heteroatoms. The van der Waals surface area contributed by atoms with E-state index < -0.39 is 0 Å². The second kappa shape index (κ2) is 4.90. The van der Waals surface area contributed by atoms with Crippen molar-refractivity contribution >= 4 is 17.4 Å². The Morgan fingerprint density at radius 3 is 2.86 bits per heavy atom. The maximum atomic E-state index is 11.2. The summed E-state index contributed by atoms with van der Waals surface area (Å²) < 4.78 is 9.05. The summed E-state index contributed by atoms with van der Waals surface area (Å²) in [6, 6.07) is 0.127. The minimum absolute atomic E-state index is 0.00713. The molecule has 0 radical (unpaired) electrons. The molecule has 0 unspecified atom stereocenters. The Balaban J connectivity index is 2.30. The van der Waals surface area contributed by atoms with Crippen molar-refractivity contribution in [1.29, 1.82) is 0 Å². The highest BCUT2D eigenvalue weighted by atomic mass is 32.1. The van der Waals surface area contributed by atoms with Crippen molar-refractivity contribution < 1.29 is 9.53 Å². The molecular weight excluding hydrogens is 202 g/mol. The van der Waals surface area contributed by atoms with Crippen molar-refractivity contribution in [2.24, 2.45) is 0 Å². The number of carbonyl (C=O) groups excluding carboxylic acids is 1. The molecule has 0 saturated heterocycles. The molecule has 1 heterocycles. The molecule has 0 aromatic carbocycles.